The zero-order chi connectivity index (χ0) is 13.1. The standard InChI is InChI=1S/C14H14ClN3O.2ClH/c15-14-13(10-2-1-4-16-7-10)6-12(8-18-14)19-9-11-3-5-17-11;;/h1-2,4,6-8,11,17H,3,5,9H2;2*1H/t11-;;/m0../s1. The molecular formula is C14H16Cl3N3O. The summed E-state index contributed by atoms with van der Waals surface area (Å²) in [4.78, 5) is 8.26. The zero-order valence-corrected chi connectivity index (χ0v) is 13.5. The molecule has 4 nitrogen and oxygen atoms in total. The molecule has 0 spiro atoms. The lowest BCUT2D eigenvalue weighted by Crippen LogP contribution is -2.46. The van der Waals surface area contributed by atoms with Gasteiger partial charge in [-0.15, -0.1) is 24.8 Å². The van der Waals surface area contributed by atoms with Crippen molar-refractivity contribution in [3.63, 3.8) is 0 Å². The molecule has 1 aliphatic rings. The van der Waals surface area contributed by atoms with E-state index < -0.39 is 0 Å². The molecule has 0 aliphatic carbocycles. The largest absolute Gasteiger partial charge is 0.490 e. The van der Waals surface area contributed by atoms with Crippen LogP contribution in [-0.2, 0) is 0 Å². The second-order valence-electron chi connectivity index (χ2n) is 4.50. The first-order valence-electron chi connectivity index (χ1n) is 6.25. The van der Waals surface area contributed by atoms with Gasteiger partial charge in [0.25, 0.3) is 0 Å². The maximum atomic E-state index is 6.13. The quantitative estimate of drug-likeness (QED) is 0.861. The van der Waals surface area contributed by atoms with E-state index in [9.17, 15) is 0 Å². The van der Waals surface area contributed by atoms with E-state index in [0.29, 0.717) is 17.8 Å². The highest BCUT2D eigenvalue weighted by atomic mass is 35.5. The van der Waals surface area contributed by atoms with E-state index in [4.69, 9.17) is 16.3 Å². The Bertz CT molecular complexity index is 565. The Balaban J connectivity index is 0.00000110. The maximum absolute atomic E-state index is 6.13. The number of nitrogens with zero attached hydrogens (tertiary/aromatic N) is 2. The fourth-order valence-corrected chi connectivity index (χ4v) is 2.13. The molecule has 7 heteroatoms. The first-order chi connectivity index (χ1) is 9.33. The van der Waals surface area contributed by atoms with Crippen LogP contribution in [-0.4, -0.2) is 29.2 Å². The minimum Gasteiger partial charge on any atom is -0.490 e. The molecule has 3 heterocycles. The average Bonchev–Trinajstić information content (AvgIpc) is 2.40. The molecule has 1 aliphatic heterocycles. The van der Waals surface area contributed by atoms with Crippen molar-refractivity contribution in [3.8, 4) is 16.9 Å². The summed E-state index contributed by atoms with van der Waals surface area (Å²) >= 11 is 6.13. The zero-order valence-electron chi connectivity index (χ0n) is 11.2. The van der Waals surface area contributed by atoms with Crippen LogP contribution in [0.3, 0.4) is 0 Å². The van der Waals surface area contributed by atoms with E-state index >= 15 is 0 Å². The molecule has 0 aromatic carbocycles. The summed E-state index contributed by atoms with van der Waals surface area (Å²) in [5.74, 6) is 0.733. The van der Waals surface area contributed by atoms with Gasteiger partial charge in [0.2, 0.25) is 0 Å². The molecule has 0 amide bonds. The summed E-state index contributed by atoms with van der Waals surface area (Å²) in [5.41, 5.74) is 1.78. The molecule has 1 fully saturated rings. The van der Waals surface area contributed by atoms with Crippen LogP contribution in [0.4, 0.5) is 0 Å². The van der Waals surface area contributed by atoms with Gasteiger partial charge in [0.1, 0.15) is 17.5 Å². The van der Waals surface area contributed by atoms with Gasteiger partial charge in [0.15, 0.2) is 0 Å². The van der Waals surface area contributed by atoms with Crippen LogP contribution in [0.1, 0.15) is 6.42 Å². The number of nitrogens with one attached hydrogen (secondary N) is 1. The highest BCUT2D eigenvalue weighted by molar-refractivity contribution is 6.32. The van der Waals surface area contributed by atoms with Gasteiger partial charge in [-0.05, 0) is 25.1 Å². The number of pyridine rings is 2. The molecule has 1 atom stereocenters. The van der Waals surface area contributed by atoms with Crippen LogP contribution < -0.4 is 10.1 Å². The Kier molecular flexibility index (Phi) is 7.18. The molecule has 1 saturated heterocycles. The second kappa shape index (κ2) is 8.39. The minimum atomic E-state index is 0. The highest BCUT2D eigenvalue weighted by Gasteiger charge is 2.17. The Morgan fingerprint density at radius 3 is 2.76 bits per heavy atom. The van der Waals surface area contributed by atoms with Crippen LogP contribution in [0, 0.1) is 0 Å². The summed E-state index contributed by atoms with van der Waals surface area (Å²) in [6.07, 6.45) is 6.31. The van der Waals surface area contributed by atoms with E-state index in [1.54, 1.807) is 18.6 Å². The first kappa shape index (κ1) is 18.0. The topological polar surface area (TPSA) is 47.0 Å². The molecule has 0 radical (unpaired) electrons. The van der Waals surface area contributed by atoms with Gasteiger partial charge in [-0.2, -0.15) is 0 Å². The molecule has 0 saturated carbocycles. The first-order valence-corrected chi connectivity index (χ1v) is 6.63. The van der Waals surface area contributed by atoms with Crippen LogP contribution in [0.5, 0.6) is 5.75 Å². The SMILES string of the molecule is Cl.Cl.Clc1ncc(OC[C@@H]2CCN2)cc1-c1cccnc1. The molecule has 114 valence electrons. The minimum absolute atomic E-state index is 0. The second-order valence-corrected chi connectivity index (χ2v) is 4.86. The maximum Gasteiger partial charge on any atom is 0.138 e. The van der Waals surface area contributed by atoms with E-state index in [-0.39, 0.29) is 24.8 Å². The molecule has 0 bridgehead atoms. The predicted octanol–water partition coefficient (Wildman–Crippen LogP) is 3.38. The number of aromatic nitrogens is 2. The molecule has 1 N–H and O–H groups in total. The highest BCUT2D eigenvalue weighted by Crippen LogP contribution is 2.29. The molecular weight excluding hydrogens is 333 g/mol. The predicted molar refractivity (Wildman–Crippen MR) is 88.9 cm³/mol. The Labute approximate surface area is 141 Å². The molecule has 2 aromatic rings. The van der Waals surface area contributed by atoms with Gasteiger partial charge >= 0.3 is 0 Å². The Morgan fingerprint density at radius 2 is 2.14 bits per heavy atom. The molecule has 0 unspecified atom stereocenters. The van der Waals surface area contributed by atoms with Crippen LogP contribution >= 0.6 is 36.4 Å². The van der Waals surface area contributed by atoms with Crippen molar-refractivity contribution in [2.24, 2.45) is 0 Å². The summed E-state index contributed by atoms with van der Waals surface area (Å²) in [5, 5.41) is 3.75. The third kappa shape index (κ3) is 4.45. The van der Waals surface area contributed by atoms with Gasteiger partial charge in [-0.25, -0.2) is 4.98 Å². The lowest BCUT2D eigenvalue weighted by atomic mass is 10.1. The van der Waals surface area contributed by atoms with Crippen LogP contribution in [0.2, 0.25) is 5.15 Å². The van der Waals surface area contributed by atoms with Gasteiger partial charge in [0, 0.05) is 29.6 Å². The third-order valence-electron chi connectivity index (χ3n) is 3.16. The van der Waals surface area contributed by atoms with Gasteiger partial charge in [0.05, 0.1) is 6.20 Å². The number of ether oxygens (including phenoxy) is 1. The average molecular weight is 349 g/mol. The normalized spacial score (nSPS) is 16.1. The Hall–Kier alpha value is -1.07. The summed E-state index contributed by atoms with van der Waals surface area (Å²) in [6.45, 7) is 1.74. The van der Waals surface area contributed by atoms with Crippen molar-refractivity contribution in [2.45, 2.75) is 12.5 Å². The number of hydrogen-bond donors (Lipinski definition) is 1. The van der Waals surface area contributed by atoms with Crippen molar-refractivity contribution in [3.05, 3.63) is 41.9 Å². The molecule has 3 rings (SSSR count). The number of halogens is 3. The van der Waals surface area contributed by atoms with E-state index in [2.05, 4.69) is 15.3 Å². The molecule has 2 aromatic heterocycles. The van der Waals surface area contributed by atoms with Crippen molar-refractivity contribution in [1.82, 2.24) is 15.3 Å². The van der Waals surface area contributed by atoms with E-state index in [1.165, 1.54) is 0 Å². The fraction of sp³-hybridized carbons (Fsp3) is 0.286. The fourth-order valence-electron chi connectivity index (χ4n) is 1.92. The number of rotatable bonds is 4. The monoisotopic (exact) mass is 347 g/mol. The van der Waals surface area contributed by atoms with Crippen molar-refractivity contribution in [2.75, 3.05) is 13.2 Å². The third-order valence-corrected chi connectivity index (χ3v) is 3.46. The summed E-state index contributed by atoms with van der Waals surface area (Å²) in [7, 11) is 0. The van der Waals surface area contributed by atoms with E-state index in [1.807, 2.05) is 18.2 Å². The van der Waals surface area contributed by atoms with Crippen LogP contribution in [0.25, 0.3) is 11.1 Å². The Morgan fingerprint density at radius 1 is 1.33 bits per heavy atom. The lowest BCUT2D eigenvalue weighted by molar-refractivity contribution is 0.217. The molecule has 21 heavy (non-hydrogen) atoms. The lowest BCUT2D eigenvalue weighted by Gasteiger charge is -2.27. The van der Waals surface area contributed by atoms with Gasteiger partial charge in [-0.1, -0.05) is 17.7 Å². The van der Waals surface area contributed by atoms with Crippen LogP contribution in [0.15, 0.2) is 36.8 Å². The summed E-state index contributed by atoms with van der Waals surface area (Å²) in [6, 6.07) is 6.19. The van der Waals surface area contributed by atoms with Gasteiger partial charge in [-0.3, -0.25) is 4.98 Å². The van der Waals surface area contributed by atoms with Crippen molar-refractivity contribution < 1.29 is 4.74 Å². The summed E-state index contributed by atoms with van der Waals surface area (Å²) < 4.78 is 5.72. The number of hydrogen-bond acceptors (Lipinski definition) is 4. The van der Waals surface area contributed by atoms with Gasteiger partial charge < -0.3 is 10.1 Å². The smallest absolute Gasteiger partial charge is 0.138 e. The van der Waals surface area contributed by atoms with E-state index in [0.717, 1.165) is 29.8 Å². The van der Waals surface area contributed by atoms with Crippen molar-refractivity contribution >= 4 is 36.4 Å². The van der Waals surface area contributed by atoms with Crippen molar-refractivity contribution in [1.29, 1.82) is 0 Å².